The molecule has 2 heteroatoms. The molecule has 1 radical (unpaired) electrons. The van der Waals surface area contributed by atoms with E-state index in [0.29, 0.717) is 6.61 Å². The molecule has 1 aliphatic heterocycles. The molecule has 0 amide bonds. The van der Waals surface area contributed by atoms with Gasteiger partial charge in [-0.25, -0.2) is 5.11 Å². The number of rotatable bonds is 1. The Bertz CT molecular complexity index is 31.9. The van der Waals surface area contributed by atoms with E-state index in [4.69, 9.17) is 0 Å². The molecule has 1 rings (SSSR count). The molecule has 0 aromatic rings. The molecule has 29 valence electrons. The molecule has 0 spiro atoms. The summed E-state index contributed by atoms with van der Waals surface area (Å²) >= 11 is 0. The van der Waals surface area contributed by atoms with Crippen molar-refractivity contribution in [1.29, 1.82) is 0 Å². The van der Waals surface area contributed by atoms with Crippen LogP contribution in [0.15, 0.2) is 0 Å². The molecule has 1 saturated heterocycles. The van der Waals surface area contributed by atoms with Gasteiger partial charge in [0.05, 0.1) is 6.61 Å². The maximum absolute atomic E-state index is 9.57. The van der Waals surface area contributed by atoms with Gasteiger partial charge in [-0.15, -0.1) is 0 Å². The normalized spacial score (nSPS) is 34.2. The summed E-state index contributed by atoms with van der Waals surface area (Å²) in [4.78, 5) is 0. The summed E-state index contributed by atoms with van der Waals surface area (Å²) in [6.45, 7) is 0.642. The first kappa shape index (κ1) is 3.12. The monoisotopic (exact) mass is 58.0 g/mol. The molecule has 1 fully saturated rings. The second kappa shape index (κ2) is 0.954. The summed E-state index contributed by atoms with van der Waals surface area (Å²) < 4.78 is 4.55. The standard InChI is InChI=1S/C3H5O2/c4-1-3-2-5-3/h3H,1-2H2/i4-15. The van der Waals surface area contributed by atoms with Crippen molar-refractivity contribution in [3.05, 3.63) is 0 Å². The molecule has 1 unspecified atom stereocenters. The SMILES string of the molecule is [1O]CC1CO1. The van der Waals surface area contributed by atoms with E-state index in [1.807, 2.05) is 0 Å². The van der Waals surface area contributed by atoms with Crippen LogP contribution in [0.25, 0.3) is 0 Å². The molecule has 1 atom stereocenters. The van der Waals surface area contributed by atoms with Crippen molar-refractivity contribution in [3.8, 4) is 0 Å². The first-order valence-corrected chi connectivity index (χ1v) is 1.63. The number of epoxide rings is 1. The van der Waals surface area contributed by atoms with Crippen molar-refractivity contribution >= 4 is 0 Å². The summed E-state index contributed by atoms with van der Waals surface area (Å²) in [6, 6.07) is 0. The number of hydrogen-bond acceptors (Lipinski definition) is 1. The summed E-state index contributed by atoms with van der Waals surface area (Å²) in [5, 5.41) is 9.57. The zero-order valence-corrected chi connectivity index (χ0v) is 2.81. The van der Waals surface area contributed by atoms with E-state index in [2.05, 4.69) is 4.74 Å². The fourth-order valence-corrected chi connectivity index (χ4v) is 0.164. The topological polar surface area (TPSA) is 32.4 Å². The van der Waals surface area contributed by atoms with Gasteiger partial charge < -0.3 is 4.74 Å². The predicted molar refractivity (Wildman–Crippen MR) is 15.3 cm³/mol. The van der Waals surface area contributed by atoms with Gasteiger partial charge in [0.1, 0.15) is 12.7 Å². The lowest BCUT2D eigenvalue weighted by Crippen LogP contribution is -1.86. The van der Waals surface area contributed by atoms with Gasteiger partial charge in [-0.2, -0.15) is 0 Å². The van der Waals surface area contributed by atoms with Crippen LogP contribution >= 0.6 is 0 Å². The van der Waals surface area contributed by atoms with E-state index in [9.17, 15) is 5.11 Å². The molecule has 5 heavy (non-hydrogen) atoms. The highest BCUT2D eigenvalue weighted by molar-refractivity contribution is 4.64. The minimum absolute atomic E-state index is 0.0556. The van der Waals surface area contributed by atoms with Crippen molar-refractivity contribution < 1.29 is 9.84 Å². The predicted octanol–water partition coefficient (Wildman–Crippen LogP) is -0.184. The average Bonchev–Trinajstić information content (AvgIpc) is 2.12. The Hall–Kier alpha value is -0.0800. The first-order chi connectivity index (χ1) is 2.43. The Kier molecular flexibility index (Phi) is 0.596. The Labute approximate surface area is 30.4 Å². The van der Waals surface area contributed by atoms with E-state index in [1.54, 1.807) is 0 Å². The van der Waals surface area contributed by atoms with Gasteiger partial charge in [0.25, 0.3) is 0 Å². The lowest BCUT2D eigenvalue weighted by molar-refractivity contribution is 0.164. The minimum Gasteiger partial charge on any atom is -0.370 e. The maximum atomic E-state index is 9.57. The maximum Gasteiger partial charge on any atom is 0.111 e. The van der Waals surface area contributed by atoms with Crippen LogP contribution in [-0.4, -0.2) is 19.3 Å². The third-order valence-corrected chi connectivity index (χ3v) is 0.588. The highest BCUT2D eigenvalue weighted by Crippen LogP contribution is 2.05. The van der Waals surface area contributed by atoms with E-state index in [1.165, 1.54) is 0 Å². The third-order valence-electron chi connectivity index (χ3n) is 0.588. The highest BCUT2D eigenvalue weighted by Gasteiger charge is 2.20. The molecule has 0 aliphatic carbocycles. The van der Waals surface area contributed by atoms with Crippen LogP contribution in [0.5, 0.6) is 0 Å². The third kappa shape index (κ3) is 0.597. The van der Waals surface area contributed by atoms with Crippen molar-refractivity contribution in [3.63, 3.8) is 0 Å². The fraction of sp³-hybridized carbons (Fsp3) is 1.00. The zero-order valence-electron chi connectivity index (χ0n) is 2.81. The summed E-state index contributed by atoms with van der Waals surface area (Å²) in [5.41, 5.74) is 0. The van der Waals surface area contributed by atoms with Crippen molar-refractivity contribution in [2.75, 3.05) is 13.2 Å². The van der Waals surface area contributed by atoms with Gasteiger partial charge in [-0.3, -0.25) is 0 Å². The van der Waals surface area contributed by atoms with Crippen LogP contribution in [0.2, 0.25) is 0 Å². The molecule has 0 bridgehead atoms. The van der Waals surface area contributed by atoms with Crippen molar-refractivity contribution in [2.24, 2.45) is 0 Å². The van der Waals surface area contributed by atoms with Crippen LogP contribution in [0.4, 0.5) is 0 Å². The molecule has 1 aliphatic rings. The van der Waals surface area contributed by atoms with E-state index in [-0.39, 0.29) is 12.7 Å². The van der Waals surface area contributed by atoms with E-state index < -0.39 is 0 Å². The van der Waals surface area contributed by atoms with Gasteiger partial charge in [-0.1, -0.05) is 0 Å². The highest BCUT2D eigenvalue weighted by atomic mass is 16.6. The molecule has 0 aromatic carbocycles. The largest absolute Gasteiger partial charge is 0.370 e. The van der Waals surface area contributed by atoms with Gasteiger partial charge in [0, 0.05) is 0 Å². The van der Waals surface area contributed by atoms with Gasteiger partial charge in [-0.05, 0) is 0 Å². The van der Waals surface area contributed by atoms with Crippen molar-refractivity contribution in [1.82, 2.24) is 0 Å². The van der Waals surface area contributed by atoms with Gasteiger partial charge in [0.15, 0.2) is 0 Å². The smallest absolute Gasteiger partial charge is 0.111 e. The molecule has 1 heterocycles. The summed E-state index contributed by atoms with van der Waals surface area (Å²) in [6.07, 6.45) is 0.0787. The second-order valence-electron chi connectivity index (χ2n) is 1.12. The molecule has 0 saturated carbocycles. The van der Waals surface area contributed by atoms with Crippen LogP contribution < -0.4 is 0 Å². The number of hydrogen-bond donors (Lipinski definition) is 0. The van der Waals surface area contributed by atoms with Crippen LogP contribution in [0.3, 0.4) is 0 Å². The van der Waals surface area contributed by atoms with E-state index >= 15 is 0 Å². The summed E-state index contributed by atoms with van der Waals surface area (Å²) in [5.74, 6) is 0. The van der Waals surface area contributed by atoms with Gasteiger partial charge >= 0.3 is 0 Å². The second-order valence-corrected chi connectivity index (χ2v) is 1.12. The quantitative estimate of drug-likeness (QED) is 0.385. The van der Waals surface area contributed by atoms with Gasteiger partial charge in [0.2, 0.25) is 0 Å². The Balaban J connectivity index is 2.00. The first-order valence-electron chi connectivity index (χ1n) is 1.63. The lowest BCUT2D eigenvalue weighted by atomic mass is 0.909. The molecular weight excluding hydrogens is 53.0 g/mol. The number of ether oxygens (including phenoxy) is 1. The summed E-state index contributed by atoms with van der Waals surface area (Å²) in [7, 11) is 0. The Morgan fingerprint density at radius 3 is 2.60 bits per heavy atom. The van der Waals surface area contributed by atoms with Crippen LogP contribution in [-0.2, 0) is 9.84 Å². The molecular formula is C3H5O2. The molecule has 2 nitrogen and oxygen atoms in total. The van der Waals surface area contributed by atoms with Crippen LogP contribution in [0.1, 0.15) is 0 Å². The molecule has 0 N–H and O–H groups in total. The van der Waals surface area contributed by atoms with Crippen LogP contribution in [0, 0.1) is 0 Å². The van der Waals surface area contributed by atoms with Crippen molar-refractivity contribution in [2.45, 2.75) is 6.10 Å². The molecule has 0 aromatic heterocycles. The Morgan fingerprint density at radius 2 is 2.60 bits per heavy atom. The Morgan fingerprint density at radius 1 is 2.00 bits per heavy atom. The zero-order chi connectivity index (χ0) is 3.70. The minimum atomic E-state index is -0.0556. The lowest BCUT2D eigenvalue weighted by Gasteiger charge is -1.66. The van der Waals surface area contributed by atoms with E-state index in [0.717, 1.165) is 0 Å². The fourth-order valence-electron chi connectivity index (χ4n) is 0.164. The average molecular weight is 58.1 g/mol.